The average Bonchev–Trinajstić information content (AvgIpc) is 2.12. The van der Waals surface area contributed by atoms with E-state index in [4.69, 9.17) is 5.11 Å². The Hall–Kier alpha value is -0.598. The summed E-state index contributed by atoms with van der Waals surface area (Å²) in [6.45, 7) is 4.00. The Kier molecular flexibility index (Phi) is 9.74. The fourth-order valence-electron chi connectivity index (χ4n) is 1.16. The van der Waals surface area contributed by atoms with Crippen LogP contribution in [0.25, 0.3) is 0 Å². The van der Waals surface area contributed by atoms with Crippen molar-refractivity contribution in [2.45, 2.75) is 32.7 Å². The molecule has 1 aliphatic carbocycles. The van der Waals surface area contributed by atoms with Gasteiger partial charge in [0.15, 0.2) is 0 Å². The molecule has 0 spiro atoms. The molecule has 1 amide bonds. The molecule has 0 aromatic heterocycles. The Labute approximate surface area is 103 Å². The first-order valence-electron chi connectivity index (χ1n) is 4.70. The Balaban J connectivity index is 0. The van der Waals surface area contributed by atoms with Crippen LogP contribution in [0.1, 0.15) is 26.7 Å². The summed E-state index contributed by atoms with van der Waals surface area (Å²) >= 11 is 0. The van der Waals surface area contributed by atoms with Crippen LogP contribution in [-0.4, -0.2) is 30.3 Å². The van der Waals surface area contributed by atoms with Crippen molar-refractivity contribution in [3.05, 3.63) is 0 Å². The van der Waals surface area contributed by atoms with E-state index in [1.54, 1.807) is 0 Å². The van der Waals surface area contributed by atoms with Crippen LogP contribution in [-0.2, 0) is 30.0 Å². The van der Waals surface area contributed by atoms with E-state index >= 15 is 0 Å². The van der Waals surface area contributed by atoms with E-state index in [1.807, 2.05) is 13.8 Å². The number of carboxylic acid groups (broad SMARTS) is 1. The molecule has 1 fully saturated rings. The number of ether oxygens (including phenoxy) is 1. The SMILES string of the molecule is CC.COC(=O)NC1CC(C(=O)O)C1.[Re]. The van der Waals surface area contributed by atoms with Crippen molar-refractivity contribution in [3.63, 3.8) is 0 Å². The summed E-state index contributed by atoms with van der Waals surface area (Å²) in [7, 11) is 1.28. The number of rotatable bonds is 2. The Morgan fingerprint density at radius 1 is 1.33 bits per heavy atom. The van der Waals surface area contributed by atoms with Gasteiger partial charge in [-0.25, -0.2) is 4.79 Å². The molecule has 1 radical (unpaired) electrons. The second kappa shape index (κ2) is 8.69. The van der Waals surface area contributed by atoms with Gasteiger partial charge in [0.2, 0.25) is 0 Å². The average molecular weight is 389 g/mol. The molecule has 0 unspecified atom stereocenters. The molecule has 1 saturated carbocycles. The molecular weight excluding hydrogens is 372 g/mol. The minimum Gasteiger partial charge on any atom is -0.481 e. The minimum atomic E-state index is -0.794. The Morgan fingerprint density at radius 3 is 2.13 bits per heavy atom. The van der Waals surface area contributed by atoms with Crippen molar-refractivity contribution < 1.29 is 39.9 Å². The smallest absolute Gasteiger partial charge is 0.407 e. The predicted octanol–water partition coefficient (Wildman–Crippen LogP) is 1.23. The van der Waals surface area contributed by atoms with Crippen molar-refractivity contribution in [2.75, 3.05) is 7.11 Å². The first-order valence-corrected chi connectivity index (χ1v) is 4.70. The van der Waals surface area contributed by atoms with E-state index < -0.39 is 12.1 Å². The Bertz CT molecular complexity index is 204. The van der Waals surface area contributed by atoms with Gasteiger partial charge in [-0.1, -0.05) is 13.8 Å². The topological polar surface area (TPSA) is 75.6 Å². The standard InChI is InChI=1S/C7H11NO4.C2H6.Re/c1-12-7(11)8-5-2-4(3-5)6(9)10;1-2;/h4-5H,2-3H2,1H3,(H,8,11)(H,9,10);1-2H3;. The summed E-state index contributed by atoms with van der Waals surface area (Å²) in [5.41, 5.74) is 0. The molecule has 2 N–H and O–H groups in total. The van der Waals surface area contributed by atoms with Gasteiger partial charge in [-0.05, 0) is 12.8 Å². The number of carbonyl (C=O) groups excluding carboxylic acids is 1. The van der Waals surface area contributed by atoms with Crippen LogP contribution in [0.4, 0.5) is 4.79 Å². The summed E-state index contributed by atoms with van der Waals surface area (Å²) in [6, 6.07) is -0.0291. The van der Waals surface area contributed by atoms with Crippen LogP contribution < -0.4 is 5.32 Å². The van der Waals surface area contributed by atoms with Crippen molar-refractivity contribution >= 4 is 12.1 Å². The monoisotopic (exact) mass is 390 g/mol. The molecule has 0 heterocycles. The number of amides is 1. The number of nitrogens with one attached hydrogen (secondary N) is 1. The number of carbonyl (C=O) groups is 2. The molecule has 1 aliphatic rings. The molecule has 0 saturated heterocycles. The number of aliphatic carboxylic acids is 1. The normalized spacial score (nSPS) is 22.1. The van der Waals surface area contributed by atoms with Crippen LogP contribution in [0.3, 0.4) is 0 Å². The van der Waals surface area contributed by atoms with Crippen LogP contribution in [0.2, 0.25) is 0 Å². The number of hydrogen-bond donors (Lipinski definition) is 2. The molecule has 0 bridgehead atoms. The molecule has 0 aromatic carbocycles. The van der Waals surface area contributed by atoms with Gasteiger partial charge >= 0.3 is 12.1 Å². The molecule has 15 heavy (non-hydrogen) atoms. The summed E-state index contributed by atoms with van der Waals surface area (Å²) in [5, 5.41) is 11.0. The van der Waals surface area contributed by atoms with Crippen LogP contribution in [0.5, 0.6) is 0 Å². The largest absolute Gasteiger partial charge is 0.481 e. The molecule has 5 nitrogen and oxygen atoms in total. The second-order valence-corrected chi connectivity index (χ2v) is 2.84. The molecular formula is C9H17NO4Re. The van der Waals surface area contributed by atoms with Gasteiger partial charge < -0.3 is 15.2 Å². The fraction of sp³-hybridized carbons (Fsp3) is 0.778. The van der Waals surface area contributed by atoms with Crippen LogP contribution in [0, 0.1) is 5.92 Å². The first-order chi connectivity index (χ1) is 6.63. The van der Waals surface area contributed by atoms with Gasteiger partial charge in [0.05, 0.1) is 13.0 Å². The zero-order chi connectivity index (χ0) is 11.1. The Morgan fingerprint density at radius 2 is 1.80 bits per heavy atom. The van der Waals surface area contributed by atoms with E-state index in [1.165, 1.54) is 7.11 Å². The number of hydrogen-bond acceptors (Lipinski definition) is 3. The van der Waals surface area contributed by atoms with Crippen molar-refractivity contribution in [2.24, 2.45) is 5.92 Å². The first kappa shape index (κ1) is 16.8. The molecule has 0 atom stereocenters. The zero-order valence-electron chi connectivity index (χ0n) is 9.12. The summed E-state index contributed by atoms with van der Waals surface area (Å²) in [5.74, 6) is -1.09. The van der Waals surface area contributed by atoms with Gasteiger partial charge in [-0.2, -0.15) is 0 Å². The van der Waals surface area contributed by atoms with Gasteiger partial charge in [0, 0.05) is 26.5 Å². The maximum absolute atomic E-state index is 10.6. The number of alkyl carbamates (subject to hydrolysis) is 1. The third kappa shape index (κ3) is 5.75. The maximum Gasteiger partial charge on any atom is 0.407 e. The zero-order valence-corrected chi connectivity index (χ0v) is 11.8. The van der Waals surface area contributed by atoms with E-state index in [-0.39, 0.29) is 32.4 Å². The van der Waals surface area contributed by atoms with E-state index in [0.717, 1.165) is 0 Å². The van der Waals surface area contributed by atoms with E-state index in [2.05, 4.69) is 10.1 Å². The third-order valence-electron chi connectivity index (χ3n) is 1.99. The molecule has 0 aromatic rings. The minimum absolute atomic E-state index is 0. The van der Waals surface area contributed by atoms with Crippen molar-refractivity contribution in [1.29, 1.82) is 0 Å². The van der Waals surface area contributed by atoms with Crippen molar-refractivity contribution in [1.82, 2.24) is 5.32 Å². The predicted molar refractivity (Wildman–Crippen MR) is 51.0 cm³/mol. The molecule has 6 heteroatoms. The van der Waals surface area contributed by atoms with Gasteiger partial charge in [0.1, 0.15) is 0 Å². The summed E-state index contributed by atoms with van der Waals surface area (Å²) in [4.78, 5) is 20.9. The quantitative estimate of drug-likeness (QED) is 0.745. The van der Waals surface area contributed by atoms with E-state index in [9.17, 15) is 9.59 Å². The number of methoxy groups -OCH3 is 1. The van der Waals surface area contributed by atoms with Gasteiger partial charge in [0.25, 0.3) is 0 Å². The summed E-state index contributed by atoms with van der Waals surface area (Å²) < 4.78 is 4.35. The maximum atomic E-state index is 10.6. The molecule has 1 rings (SSSR count). The van der Waals surface area contributed by atoms with Crippen molar-refractivity contribution in [3.8, 4) is 0 Å². The van der Waals surface area contributed by atoms with Gasteiger partial charge in [-0.15, -0.1) is 0 Å². The van der Waals surface area contributed by atoms with Crippen LogP contribution >= 0.6 is 0 Å². The summed E-state index contributed by atoms with van der Waals surface area (Å²) in [6.07, 6.45) is 0.512. The van der Waals surface area contributed by atoms with Gasteiger partial charge in [-0.3, -0.25) is 4.79 Å². The molecule has 0 aliphatic heterocycles. The van der Waals surface area contributed by atoms with Crippen LogP contribution in [0.15, 0.2) is 0 Å². The third-order valence-corrected chi connectivity index (χ3v) is 1.99. The molecule has 89 valence electrons. The number of carboxylic acids is 1. The fourth-order valence-corrected chi connectivity index (χ4v) is 1.16. The van der Waals surface area contributed by atoms with E-state index in [0.29, 0.717) is 12.8 Å². The second-order valence-electron chi connectivity index (χ2n) is 2.84.